The van der Waals surface area contributed by atoms with Gasteiger partial charge in [-0.2, -0.15) is 0 Å². The lowest BCUT2D eigenvalue weighted by Gasteiger charge is -2.29. The lowest BCUT2D eigenvalue weighted by molar-refractivity contribution is 0.133. The SMILES string of the molecule is CCc1nc(NC(C)(C)C(C)O)cc(=O)[nH]1. The summed E-state index contributed by atoms with van der Waals surface area (Å²) >= 11 is 0. The van der Waals surface area contributed by atoms with Gasteiger partial charge in [0.2, 0.25) is 0 Å². The first kappa shape index (κ1) is 12.7. The van der Waals surface area contributed by atoms with Crippen molar-refractivity contribution < 1.29 is 5.11 Å². The van der Waals surface area contributed by atoms with Gasteiger partial charge in [0.1, 0.15) is 11.6 Å². The molecule has 16 heavy (non-hydrogen) atoms. The Balaban J connectivity index is 2.97. The molecule has 0 radical (unpaired) electrons. The van der Waals surface area contributed by atoms with Gasteiger partial charge in [-0.1, -0.05) is 6.92 Å². The van der Waals surface area contributed by atoms with Crippen molar-refractivity contribution in [2.24, 2.45) is 0 Å². The zero-order chi connectivity index (χ0) is 12.3. The molecule has 0 fully saturated rings. The van der Waals surface area contributed by atoms with E-state index in [-0.39, 0.29) is 5.56 Å². The van der Waals surface area contributed by atoms with Crippen molar-refractivity contribution in [1.82, 2.24) is 9.97 Å². The highest BCUT2D eigenvalue weighted by Gasteiger charge is 2.24. The highest BCUT2D eigenvalue weighted by Crippen LogP contribution is 2.15. The standard InChI is InChI=1S/C11H19N3O2/c1-5-8-12-9(6-10(16)13-8)14-11(3,4)7(2)15/h6-7,15H,5H2,1-4H3,(H2,12,13,14,16). The van der Waals surface area contributed by atoms with Crippen LogP contribution < -0.4 is 10.9 Å². The molecule has 0 aromatic carbocycles. The Morgan fingerprint density at radius 3 is 2.75 bits per heavy atom. The van der Waals surface area contributed by atoms with Crippen molar-refractivity contribution in [3.8, 4) is 0 Å². The zero-order valence-corrected chi connectivity index (χ0v) is 10.2. The maximum atomic E-state index is 11.3. The van der Waals surface area contributed by atoms with E-state index in [0.717, 1.165) is 0 Å². The molecule has 5 nitrogen and oxygen atoms in total. The molecular formula is C11H19N3O2. The number of H-pyrrole nitrogens is 1. The van der Waals surface area contributed by atoms with Crippen LogP contribution >= 0.6 is 0 Å². The van der Waals surface area contributed by atoms with Gasteiger partial charge in [-0.15, -0.1) is 0 Å². The number of aryl methyl sites for hydroxylation is 1. The van der Waals surface area contributed by atoms with Crippen LogP contribution in [0.15, 0.2) is 10.9 Å². The third-order valence-corrected chi connectivity index (χ3v) is 2.62. The molecule has 0 amide bonds. The first-order chi connectivity index (χ1) is 7.35. The van der Waals surface area contributed by atoms with Gasteiger partial charge in [-0.05, 0) is 20.8 Å². The number of aliphatic hydroxyl groups excluding tert-OH is 1. The van der Waals surface area contributed by atoms with Gasteiger partial charge >= 0.3 is 0 Å². The van der Waals surface area contributed by atoms with E-state index in [1.165, 1.54) is 6.07 Å². The summed E-state index contributed by atoms with van der Waals surface area (Å²) in [4.78, 5) is 18.2. The van der Waals surface area contributed by atoms with E-state index in [4.69, 9.17) is 0 Å². The Morgan fingerprint density at radius 2 is 2.25 bits per heavy atom. The van der Waals surface area contributed by atoms with Gasteiger partial charge in [0.05, 0.1) is 11.6 Å². The zero-order valence-electron chi connectivity index (χ0n) is 10.2. The Bertz CT molecular complexity index is 410. The molecule has 0 saturated carbocycles. The van der Waals surface area contributed by atoms with Crippen LogP contribution in [0.5, 0.6) is 0 Å². The minimum atomic E-state index is -0.543. The van der Waals surface area contributed by atoms with E-state index in [1.807, 2.05) is 20.8 Å². The van der Waals surface area contributed by atoms with E-state index in [9.17, 15) is 9.90 Å². The largest absolute Gasteiger partial charge is 0.391 e. The minimum Gasteiger partial charge on any atom is -0.391 e. The number of aliphatic hydroxyl groups is 1. The predicted octanol–water partition coefficient (Wildman–Crippen LogP) is 0.904. The molecule has 1 atom stereocenters. The number of nitrogens with one attached hydrogen (secondary N) is 2. The van der Waals surface area contributed by atoms with Crippen molar-refractivity contribution in [3.05, 3.63) is 22.2 Å². The van der Waals surface area contributed by atoms with Gasteiger partial charge in [-0.25, -0.2) is 4.98 Å². The van der Waals surface area contributed by atoms with Crippen LogP contribution in [0.2, 0.25) is 0 Å². The Morgan fingerprint density at radius 1 is 1.62 bits per heavy atom. The number of aromatic nitrogens is 2. The number of anilines is 1. The average molecular weight is 225 g/mol. The van der Waals surface area contributed by atoms with E-state index in [1.54, 1.807) is 6.92 Å². The summed E-state index contributed by atoms with van der Waals surface area (Å²) < 4.78 is 0. The molecule has 90 valence electrons. The predicted molar refractivity (Wildman–Crippen MR) is 63.6 cm³/mol. The maximum absolute atomic E-state index is 11.3. The van der Waals surface area contributed by atoms with Gasteiger partial charge in [0.25, 0.3) is 5.56 Å². The summed E-state index contributed by atoms with van der Waals surface area (Å²) in [6.45, 7) is 7.32. The van der Waals surface area contributed by atoms with Crippen molar-refractivity contribution in [2.75, 3.05) is 5.32 Å². The van der Waals surface area contributed by atoms with E-state index < -0.39 is 11.6 Å². The van der Waals surface area contributed by atoms with E-state index >= 15 is 0 Å². The molecule has 0 saturated heterocycles. The molecule has 5 heteroatoms. The molecule has 0 aliphatic carbocycles. The van der Waals surface area contributed by atoms with Gasteiger partial charge in [0, 0.05) is 12.5 Å². The molecule has 0 aliphatic rings. The van der Waals surface area contributed by atoms with Crippen molar-refractivity contribution >= 4 is 5.82 Å². The second kappa shape index (κ2) is 4.65. The minimum absolute atomic E-state index is 0.184. The van der Waals surface area contributed by atoms with Gasteiger partial charge in [-0.3, -0.25) is 4.79 Å². The number of hydrogen-bond donors (Lipinski definition) is 3. The quantitative estimate of drug-likeness (QED) is 0.711. The van der Waals surface area contributed by atoms with Crippen LogP contribution in [0.3, 0.4) is 0 Å². The number of rotatable bonds is 4. The molecule has 1 aromatic rings. The highest BCUT2D eigenvalue weighted by atomic mass is 16.3. The lowest BCUT2D eigenvalue weighted by atomic mass is 9.99. The molecule has 0 spiro atoms. The molecule has 1 rings (SSSR count). The van der Waals surface area contributed by atoms with Crippen molar-refractivity contribution in [1.29, 1.82) is 0 Å². The van der Waals surface area contributed by atoms with Crippen LogP contribution in [0, 0.1) is 0 Å². The van der Waals surface area contributed by atoms with Gasteiger partial charge in [0.15, 0.2) is 0 Å². The number of hydrogen-bond acceptors (Lipinski definition) is 4. The van der Waals surface area contributed by atoms with Crippen LogP contribution in [-0.4, -0.2) is 26.7 Å². The summed E-state index contributed by atoms with van der Waals surface area (Å²) in [7, 11) is 0. The number of nitrogens with zero attached hydrogens (tertiary/aromatic N) is 1. The third-order valence-electron chi connectivity index (χ3n) is 2.62. The summed E-state index contributed by atoms with van der Waals surface area (Å²) in [5.41, 5.74) is -0.707. The Labute approximate surface area is 94.9 Å². The summed E-state index contributed by atoms with van der Waals surface area (Å²) in [6, 6.07) is 1.39. The third kappa shape index (κ3) is 3.06. The smallest absolute Gasteiger partial charge is 0.252 e. The summed E-state index contributed by atoms with van der Waals surface area (Å²) in [5, 5.41) is 12.6. The van der Waals surface area contributed by atoms with Crippen LogP contribution in [0.4, 0.5) is 5.82 Å². The maximum Gasteiger partial charge on any atom is 0.252 e. The van der Waals surface area contributed by atoms with E-state index in [2.05, 4.69) is 15.3 Å². The van der Waals surface area contributed by atoms with Crippen LogP contribution in [0.25, 0.3) is 0 Å². The fourth-order valence-electron chi connectivity index (χ4n) is 1.17. The Kier molecular flexibility index (Phi) is 3.70. The average Bonchev–Trinajstić information content (AvgIpc) is 2.15. The lowest BCUT2D eigenvalue weighted by Crippen LogP contribution is -2.42. The van der Waals surface area contributed by atoms with Crippen molar-refractivity contribution in [3.63, 3.8) is 0 Å². The molecule has 3 N–H and O–H groups in total. The monoisotopic (exact) mass is 225 g/mol. The van der Waals surface area contributed by atoms with Crippen LogP contribution in [0.1, 0.15) is 33.5 Å². The first-order valence-electron chi connectivity index (χ1n) is 5.41. The topological polar surface area (TPSA) is 78.0 Å². The fourth-order valence-corrected chi connectivity index (χ4v) is 1.17. The van der Waals surface area contributed by atoms with E-state index in [0.29, 0.717) is 18.1 Å². The molecule has 1 heterocycles. The highest BCUT2D eigenvalue weighted by molar-refractivity contribution is 5.36. The number of aromatic amines is 1. The first-order valence-corrected chi connectivity index (χ1v) is 5.41. The van der Waals surface area contributed by atoms with Crippen molar-refractivity contribution in [2.45, 2.75) is 45.8 Å². The van der Waals surface area contributed by atoms with Gasteiger partial charge < -0.3 is 15.4 Å². The normalized spacial score (nSPS) is 13.6. The van der Waals surface area contributed by atoms with Crippen LogP contribution in [-0.2, 0) is 6.42 Å². The molecule has 0 bridgehead atoms. The second-order valence-electron chi connectivity index (χ2n) is 4.45. The molecule has 1 aromatic heterocycles. The molecule has 0 aliphatic heterocycles. The Hall–Kier alpha value is -1.36. The summed E-state index contributed by atoms with van der Waals surface area (Å²) in [6.07, 6.45) is 0.124. The fraction of sp³-hybridized carbons (Fsp3) is 0.636. The molecular weight excluding hydrogens is 206 g/mol. The molecule has 1 unspecified atom stereocenters. The second-order valence-corrected chi connectivity index (χ2v) is 4.45. The summed E-state index contributed by atoms with van der Waals surface area (Å²) in [5.74, 6) is 1.13.